The number of hydrazine groups is 1. The smallest absolute Gasteiger partial charge is 0.409 e. The van der Waals surface area contributed by atoms with Crippen LogP contribution in [-0.4, -0.2) is 30.2 Å². The third-order valence-corrected chi connectivity index (χ3v) is 3.69. The standard InChI is InChI=1S/C16H21F3N2O2/c1-4-8-23-12-7-5-6-11(9-12)13(16(17,18)19)21-10-15(2,3)14(22)20-21/h5-7,9,13H,4,8,10H2,1-3H3,(H,20,22). The predicted molar refractivity (Wildman–Crippen MR) is 79.7 cm³/mol. The quantitative estimate of drug-likeness (QED) is 0.899. The number of alkyl halides is 3. The predicted octanol–water partition coefficient (Wildman–Crippen LogP) is 3.45. The number of hydrogen-bond acceptors (Lipinski definition) is 3. The number of ether oxygens (including phenoxy) is 1. The molecule has 1 aliphatic heterocycles. The second-order valence-electron chi connectivity index (χ2n) is 6.32. The highest BCUT2D eigenvalue weighted by atomic mass is 19.4. The summed E-state index contributed by atoms with van der Waals surface area (Å²) in [5, 5.41) is 0.960. The topological polar surface area (TPSA) is 41.6 Å². The average Bonchev–Trinajstić information content (AvgIpc) is 2.69. The molecule has 1 heterocycles. The molecular weight excluding hydrogens is 309 g/mol. The Bertz CT molecular complexity index is 573. The molecule has 7 heteroatoms. The molecule has 1 aromatic rings. The van der Waals surface area contributed by atoms with Crippen LogP contribution in [0.25, 0.3) is 0 Å². The first-order valence-corrected chi connectivity index (χ1v) is 7.52. The van der Waals surface area contributed by atoms with Crippen LogP contribution in [0.15, 0.2) is 24.3 Å². The van der Waals surface area contributed by atoms with Crippen molar-refractivity contribution in [1.29, 1.82) is 0 Å². The lowest BCUT2D eigenvalue weighted by Crippen LogP contribution is -2.43. The number of hydrogen-bond donors (Lipinski definition) is 1. The number of nitrogens with zero attached hydrogens (tertiary/aromatic N) is 1. The Morgan fingerprint density at radius 1 is 1.39 bits per heavy atom. The Labute approximate surface area is 133 Å². The zero-order valence-corrected chi connectivity index (χ0v) is 13.4. The van der Waals surface area contributed by atoms with E-state index in [1.165, 1.54) is 18.2 Å². The van der Waals surface area contributed by atoms with Crippen molar-refractivity contribution < 1.29 is 22.7 Å². The van der Waals surface area contributed by atoms with Gasteiger partial charge in [-0.3, -0.25) is 10.2 Å². The number of carbonyl (C=O) groups is 1. The van der Waals surface area contributed by atoms with Gasteiger partial charge in [0.25, 0.3) is 0 Å². The van der Waals surface area contributed by atoms with Gasteiger partial charge >= 0.3 is 6.18 Å². The number of nitrogens with one attached hydrogen (secondary N) is 1. The molecule has 23 heavy (non-hydrogen) atoms. The maximum absolute atomic E-state index is 13.6. The molecule has 2 rings (SSSR count). The van der Waals surface area contributed by atoms with E-state index in [0.717, 1.165) is 11.4 Å². The van der Waals surface area contributed by atoms with Gasteiger partial charge in [-0.05, 0) is 38.0 Å². The van der Waals surface area contributed by atoms with E-state index < -0.39 is 23.5 Å². The highest BCUT2D eigenvalue weighted by Crippen LogP contribution is 2.41. The number of carbonyl (C=O) groups excluding carboxylic acids is 1. The summed E-state index contributed by atoms with van der Waals surface area (Å²) >= 11 is 0. The monoisotopic (exact) mass is 330 g/mol. The third-order valence-electron chi connectivity index (χ3n) is 3.69. The van der Waals surface area contributed by atoms with Gasteiger partial charge in [0, 0.05) is 6.54 Å². The van der Waals surface area contributed by atoms with Crippen molar-refractivity contribution in [3.8, 4) is 5.75 Å². The molecule has 0 aliphatic carbocycles. The lowest BCUT2D eigenvalue weighted by atomic mass is 9.93. The van der Waals surface area contributed by atoms with Crippen LogP contribution < -0.4 is 10.2 Å². The molecule has 128 valence electrons. The molecule has 1 fully saturated rings. The highest BCUT2D eigenvalue weighted by Gasteiger charge is 2.51. The Balaban J connectivity index is 2.32. The summed E-state index contributed by atoms with van der Waals surface area (Å²) < 4.78 is 46.2. The molecule has 1 aliphatic rings. The van der Waals surface area contributed by atoms with Crippen LogP contribution in [0.3, 0.4) is 0 Å². The van der Waals surface area contributed by atoms with Crippen LogP contribution in [0.5, 0.6) is 5.75 Å². The molecule has 0 aromatic heterocycles. The van der Waals surface area contributed by atoms with Crippen LogP contribution >= 0.6 is 0 Å². The summed E-state index contributed by atoms with van der Waals surface area (Å²) in [6, 6.07) is 4.03. The lowest BCUT2D eigenvalue weighted by molar-refractivity contribution is -0.191. The van der Waals surface area contributed by atoms with Crippen molar-refractivity contribution in [2.75, 3.05) is 13.2 Å². The fourth-order valence-corrected chi connectivity index (χ4v) is 2.51. The zero-order chi connectivity index (χ0) is 17.3. The van der Waals surface area contributed by atoms with Gasteiger partial charge in [-0.25, -0.2) is 5.01 Å². The zero-order valence-electron chi connectivity index (χ0n) is 13.4. The molecule has 0 spiro atoms. The van der Waals surface area contributed by atoms with Crippen molar-refractivity contribution >= 4 is 5.91 Å². The van der Waals surface area contributed by atoms with Gasteiger partial charge in [-0.15, -0.1) is 0 Å². The van der Waals surface area contributed by atoms with Gasteiger partial charge in [0.15, 0.2) is 0 Å². The van der Waals surface area contributed by atoms with Crippen LogP contribution in [-0.2, 0) is 4.79 Å². The number of amides is 1. The lowest BCUT2D eigenvalue weighted by Gasteiger charge is -2.30. The number of benzene rings is 1. The minimum absolute atomic E-state index is 0.0178. The van der Waals surface area contributed by atoms with Crippen LogP contribution in [0.2, 0.25) is 0 Å². The van der Waals surface area contributed by atoms with E-state index in [2.05, 4.69) is 5.43 Å². The fourth-order valence-electron chi connectivity index (χ4n) is 2.51. The van der Waals surface area contributed by atoms with Crippen molar-refractivity contribution in [1.82, 2.24) is 10.4 Å². The van der Waals surface area contributed by atoms with Gasteiger partial charge in [-0.2, -0.15) is 13.2 Å². The van der Waals surface area contributed by atoms with Gasteiger partial charge in [0.2, 0.25) is 5.91 Å². The largest absolute Gasteiger partial charge is 0.494 e. The Morgan fingerprint density at radius 2 is 2.09 bits per heavy atom. The molecule has 1 atom stereocenters. The molecule has 0 saturated carbocycles. The van der Waals surface area contributed by atoms with Crippen molar-refractivity contribution in [2.45, 2.75) is 39.4 Å². The second kappa shape index (κ2) is 6.39. The normalized spacial score (nSPS) is 19.5. The van der Waals surface area contributed by atoms with E-state index in [0.29, 0.717) is 12.4 Å². The second-order valence-corrected chi connectivity index (χ2v) is 6.32. The molecule has 1 N–H and O–H groups in total. The van der Waals surface area contributed by atoms with Crippen molar-refractivity contribution in [3.63, 3.8) is 0 Å². The van der Waals surface area contributed by atoms with Crippen molar-refractivity contribution in [3.05, 3.63) is 29.8 Å². The summed E-state index contributed by atoms with van der Waals surface area (Å²) in [6.45, 7) is 5.58. The van der Waals surface area contributed by atoms with Crippen LogP contribution in [0, 0.1) is 5.41 Å². The maximum Gasteiger partial charge on any atom is 0.409 e. The maximum atomic E-state index is 13.6. The molecule has 4 nitrogen and oxygen atoms in total. The van der Waals surface area contributed by atoms with E-state index >= 15 is 0 Å². The number of halogens is 3. The summed E-state index contributed by atoms with van der Waals surface area (Å²) in [7, 11) is 0. The SMILES string of the molecule is CCCOc1cccc(C(N2CC(C)(C)C(=O)N2)C(F)(F)F)c1. The fraction of sp³-hybridized carbons (Fsp3) is 0.562. The van der Waals surface area contributed by atoms with Gasteiger partial charge in [-0.1, -0.05) is 19.1 Å². The molecule has 1 unspecified atom stereocenters. The van der Waals surface area contributed by atoms with E-state index in [1.54, 1.807) is 19.9 Å². The van der Waals surface area contributed by atoms with Crippen molar-refractivity contribution in [2.24, 2.45) is 5.41 Å². The third kappa shape index (κ3) is 3.96. The van der Waals surface area contributed by atoms with E-state index in [9.17, 15) is 18.0 Å². The molecular formula is C16H21F3N2O2. The first-order chi connectivity index (χ1) is 10.6. The Hall–Kier alpha value is -1.76. The minimum Gasteiger partial charge on any atom is -0.494 e. The highest BCUT2D eigenvalue weighted by molar-refractivity contribution is 5.83. The first-order valence-electron chi connectivity index (χ1n) is 7.52. The summed E-state index contributed by atoms with van der Waals surface area (Å²) in [5.74, 6) is -0.0199. The average molecular weight is 330 g/mol. The van der Waals surface area contributed by atoms with Crippen LogP contribution in [0.4, 0.5) is 13.2 Å². The van der Waals surface area contributed by atoms with E-state index in [-0.39, 0.29) is 12.1 Å². The first kappa shape index (κ1) is 17.6. The summed E-state index contributed by atoms with van der Waals surface area (Å²) in [5.41, 5.74) is 1.53. The molecule has 0 bridgehead atoms. The van der Waals surface area contributed by atoms with Gasteiger partial charge in [0.1, 0.15) is 11.8 Å². The molecule has 0 radical (unpaired) electrons. The minimum atomic E-state index is -4.52. The Kier molecular flexibility index (Phi) is 4.89. The Morgan fingerprint density at radius 3 is 2.61 bits per heavy atom. The summed E-state index contributed by atoms with van der Waals surface area (Å²) in [4.78, 5) is 11.8. The molecule has 1 amide bonds. The molecule has 1 saturated heterocycles. The van der Waals surface area contributed by atoms with Crippen LogP contribution in [0.1, 0.15) is 38.8 Å². The summed E-state index contributed by atoms with van der Waals surface area (Å²) in [6.07, 6.45) is -3.75. The molecule has 1 aromatic carbocycles. The van der Waals surface area contributed by atoms with Gasteiger partial charge < -0.3 is 4.74 Å². The number of rotatable bonds is 5. The van der Waals surface area contributed by atoms with Gasteiger partial charge in [0.05, 0.1) is 12.0 Å². The van der Waals surface area contributed by atoms with E-state index in [1.807, 2.05) is 6.92 Å². The van der Waals surface area contributed by atoms with E-state index in [4.69, 9.17) is 4.74 Å².